The molecular formula is C14H18BrNO3. The van der Waals surface area contributed by atoms with Gasteiger partial charge in [0.2, 0.25) is 0 Å². The maximum absolute atomic E-state index is 5.57. The Labute approximate surface area is 121 Å². The molecule has 1 saturated heterocycles. The molecule has 0 unspecified atom stereocenters. The minimum Gasteiger partial charge on any atom is -0.495 e. The van der Waals surface area contributed by atoms with Crippen LogP contribution in [-0.2, 0) is 9.47 Å². The van der Waals surface area contributed by atoms with E-state index in [4.69, 9.17) is 14.2 Å². The Hall–Kier alpha value is -1.04. The molecule has 0 aliphatic carbocycles. The predicted molar refractivity (Wildman–Crippen MR) is 78.4 cm³/mol. The van der Waals surface area contributed by atoms with Gasteiger partial charge < -0.3 is 19.5 Å². The minimum absolute atomic E-state index is 0.488. The fourth-order valence-electron chi connectivity index (χ4n) is 1.63. The first-order valence-electron chi connectivity index (χ1n) is 6.06. The molecule has 104 valence electrons. The van der Waals surface area contributed by atoms with E-state index in [0.717, 1.165) is 21.5 Å². The molecule has 1 aliphatic heterocycles. The highest BCUT2D eigenvalue weighted by Gasteiger charge is 2.24. The van der Waals surface area contributed by atoms with E-state index in [1.54, 1.807) is 7.11 Å². The van der Waals surface area contributed by atoms with E-state index >= 15 is 0 Å². The molecule has 1 aliphatic rings. The van der Waals surface area contributed by atoms with Crippen LogP contribution in [0.1, 0.15) is 13.8 Å². The molecular weight excluding hydrogens is 310 g/mol. The Morgan fingerprint density at radius 2 is 2.00 bits per heavy atom. The first kappa shape index (κ1) is 14.4. The fourth-order valence-corrected chi connectivity index (χ4v) is 2.04. The van der Waals surface area contributed by atoms with Crippen molar-refractivity contribution >= 4 is 21.6 Å². The molecule has 1 fully saturated rings. The molecule has 1 heterocycles. The molecule has 1 aromatic rings. The topological polar surface area (TPSA) is 39.7 Å². The zero-order valence-corrected chi connectivity index (χ0v) is 12.9. The summed E-state index contributed by atoms with van der Waals surface area (Å²) in [6.45, 7) is 4.98. The van der Waals surface area contributed by atoms with Crippen LogP contribution >= 0.6 is 15.9 Å². The van der Waals surface area contributed by atoms with Crippen molar-refractivity contribution in [2.45, 2.75) is 19.6 Å². The maximum Gasteiger partial charge on any atom is 0.163 e. The molecule has 0 saturated carbocycles. The third kappa shape index (κ3) is 3.96. The Balaban J connectivity index is 1.99. The molecule has 0 amide bonds. The van der Waals surface area contributed by atoms with Gasteiger partial charge in [0.15, 0.2) is 5.79 Å². The van der Waals surface area contributed by atoms with Crippen LogP contribution in [0, 0.1) is 0 Å². The molecule has 19 heavy (non-hydrogen) atoms. The summed E-state index contributed by atoms with van der Waals surface area (Å²) < 4.78 is 17.3. The van der Waals surface area contributed by atoms with Gasteiger partial charge in [-0.3, -0.25) is 0 Å². The van der Waals surface area contributed by atoms with Gasteiger partial charge in [-0.25, -0.2) is 0 Å². The summed E-state index contributed by atoms with van der Waals surface area (Å²) in [5, 5.41) is 3.22. The molecule has 0 spiro atoms. The molecule has 2 rings (SSSR count). The second-order valence-electron chi connectivity index (χ2n) is 4.77. The number of nitrogens with one attached hydrogen (secondary N) is 1. The largest absolute Gasteiger partial charge is 0.495 e. The Bertz CT molecular complexity index is 474. The Kier molecular flexibility index (Phi) is 4.50. The van der Waals surface area contributed by atoms with Crippen molar-refractivity contribution in [3.63, 3.8) is 0 Å². The van der Waals surface area contributed by atoms with Crippen LogP contribution in [0.2, 0.25) is 0 Å². The molecule has 0 aromatic heterocycles. The highest BCUT2D eigenvalue weighted by Crippen LogP contribution is 2.28. The normalized spacial score (nSPS) is 18.0. The van der Waals surface area contributed by atoms with Crippen LogP contribution in [0.5, 0.6) is 5.75 Å². The van der Waals surface area contributed by atoms with Crippen molar-refractivity contribution in [2.75, 3.05) is 25.6 Å². The number of ether oxygens (including phenoxy) is 3. The van der Waals surface area contributed by atoms with Crippen LogP contribution in [0.4, 0.5) is 5.69 Å². The molecule has 0 radical (unpaired) electrons. The van der Waals surface area contributed by atoms with E-state index < -0.39 is 5.79 Å². The number of anilines is 1. The average Bonchev–Trinajstić information content (AvgIpc) is 2.39. The number of halogens is 1. The highest BCUT2D eigenvalue weighted by molar-refractivity contribution is 9.10. The van der Waals surface area contributed by atoms with Gasteiger partial charge in [0.05, 0.1) is 24.8 Å². The zero-order valence-electron chi connectivity index (χ0n) is 11.3. The summed E-state index contributed by atoms with van der Waals surface area (Å²) in [5.74, 6) is 0.304. The summed E-state index contributed by atoms with van der Waals surface area (Å²) in [4.78, 5) is 0. The first-order chi connectivity index (χ1) is 9.00. The standard InChI is InChI=1S/C14H18BrNO3/c1-14(2)18-8-10(9-19-14)7-16-11-4-5-12(15)13(6-11)17-3/h4-7,16H,8-9H2,1-3H3. The number of hydrogen-bond acceptors (Lipinski definition) is 4. The van der Waals surface area contributed by atoms with E-state index in [0.29, 0.717) is 13.2 Å². The first-order valence-corrected chi connectivity index (χ1v) is 6.85. The third-order valence-corrected chi connectivity index (χ3v) is 3.46. The van der Waals surface area contributed by atoms with Gasteiger partial charge in [-0.2, -0.15) is 0 Å². The maximum atomic E-state index is 5.57. The summed E-state index contributed by atoms with van der Waals surface area (Å²) in [6, 6.07) is 5.84. The SMILES string of the molecule is COc1cc(NC=C2COC(C)(C)OC2)ccc1Br. The fraction of sp³-hybridized carbons (Fsp3) is 0.429. The van der Waals surface area contributed by atoms with Crippen molar-refractivity contribution in [3.8, 4) is 5.75 Å². The Morgan fingerprint density at radius 3 is 2.63 bits per heavy atom. The lowest BCUT2D eigenvalue weighted by molar-refractivity contribution is -0.225. The van der Waals surface area contributed by atoms with Crippen molar-refractivity contribution in [3.05, 3.63) is 34.4 Å². The molecule has 1 aromatic carbocycles. The van der Waals surface area contributed by atoms with Crippen molar-refractivity contribution < 1.29 is 14.2 Å². The van der Waals surface area contributed by atoms with E-state index in [1.807, 2.05) is 38.2 Å². The smallest absolute Gasteiger partial charge is 0.163 e. The Morgan fingerprint density at radius 1 is 1.32 bits per heavy atom. The van der Waals surface area contributed by atoms with Crippen LogP contribution < -0.4 is 10.1 Å². The molecule has 1 N–H and O–H groups in total. The second kappa shape index (κ2) is 5.94. The number of hydrogen-bond donors (Lipinski definition) is 1. The summed E-state index contributed by atoms with van der Waals surface area (Å²) >= 11 is 3.42. The average molecular weight is 328 g/mol. The van der Waals surface area contributed by atoms with Crippen LogP contribution in [0.15, 0.2) is 34.4 Å². The van der Waals surface area contributed by atoms with E-state index in [1.165, 1.54) is 0 Å². The van der Waals surface area contributed by atoms with Crippen molar-refractivity contribution in [1.29, 1.82) is 0 Å². The van der Waals surface area contributed by atoms with E-state index in [2.05, 4.69) is 21.2 Å². The lowest BCUT2D eigenvalue weighted by Crippen LogP contribution is -2.35. The van der Waals surface area contributed by atoms with Crippen LogP contribution in [-0.4, -0.2) is 26.1 Å². The van der Waals surface area contributed by atoms with Crippen LogP contribution in [0.25, 0.3) is 0 Å². The predicted octanol–water partition coefficient (Wildman–Crippen LogP) is 3.54. The minimum atomic E-state index is -0.488. The summed E-state index contributed by atoms with van der Waals surface area (Å²) in [7, 11) is 1.65. The van der Waals surface area contributed by atoms with Gasteiger partial charge in [-0.05, 0) is 47.5 Å². The molecule has 4 nitrogen and oxygen atoms in total. The van der Waals surface area contributed by atoms with Gasteiger partial charge in [-0.1, -0.05) is 0 Å². The number of methoxy groups -OCH3 is 1. The second-order valence-corrected chi connectivity index (χ2v) is 5.63. The lowest BCUT2D eigenvalue weighted by Gasteiger charge is -2.31. The monoisotopic (exact) mass is 327 g/mol. The van der Waals surface area contributed by atoms with Gasteiger partial charge >= 0.3 is 0 Å². The van der Waals surface area contributed by atoms with Gasteiger partial charge in [0.25, 0.3) is 0 Å². The van der Waals surface area contributed by atoms with Gasteiger partial charge in [0, 0.05) is 18.0 Å². The molecule has 5 heteroatoms. The third-order valence-electron chi connectivity index (χ3n) is 2.80. The summed E-state index contributed by atoms with van der Waals surface area (Å²) in [6.07, 6.45) is 1.91. The lowest BCUT2D eigenvalue weighted by atomic mass is 10.2. The molecule has 0 bridgehead atoms. The van der Waals surface area contributed by atoms with Crippen molar-refractivity contribution in [2.24, 2.45) is 0 Å². The quantitative estimate of drug-likeness (QED) is 0.921. The van der Waals surface area contributed by atoms with Crippen molar-refractivity contribution in [1.82, 2.24) is 0 Å². The number of benzene rings is 1. The van der Waals surface area contributed by atoms with Gasteiger partial charge in [0.1, 0.15) is 5.75 Å². The van der Waals surface area contributed by atoms with E-state index in [9.17, 15) is 0 Å². The van der Waals surface area contributed by atoms with E-state index in [-0.39, 0.29) is 0 Å². The van der Waals surface area contributed by atoms with Gasteiger partial charge in [-0.15, -0.1) is 0 Å². The zero-order chi connectivity index (χ0) is 13.9. The molecule has 0 atom stereocenters. The number of rotatable bonds is 3. The highest BCUT2D eigenvalue weighted by atomic mass is 79.9. The summed E-state index contributed by atoms with van der Waals surface area (Å²) in [5.41, 5.74) is 2.03. The van der Waals surface area contributed by atoms with Crippen LogP contribution in [0.3, 0.4) is 0 Å².